The highest BCUT2D eigenvalue weighted by Crippen LogP contribution is 2.31. The van der Waals surface area contributed by atoms with Gasteiger partial charge in [-0.3, -0.25) is 4.79 Å². The molecule has 0 radical (unpaired) electrons. The number of benzene rings is 1. The highest BCUT2D eigenvalue weighted by atomic mass is 35.5. The molecule has 2 aliphatic rings. The molecule has 128 valence electrons. The van der Waals surface area contributed by atoms with Crippen molar-refractivity contribution in [3.05, 3.63) is 34.6 Å². The van der Waals surface area contributed by atoms with Crippen molar-refractivity contribution in [1.29, 1.82) is 0 Å². The maximum atomic E-state index is 13.7. The third-order valence-corrected chi connectivity index (χ3v) is 4.48. The van der Waals surface area contributed by atoms with Crippen LogP contribution in [0.5, 0.6) is 0 Å². The Morgan fingerprint density at radius 1 is 1.43 bits per heavy atom. The van der Waals surface area contributed by atoms with Crippen molar-refractivity contribution in [2.45, 2.75) is 18.9 Å². The van der Waals surface area contributed by atoms with E-state index in [1.807, 2.05) is 0 Å². The maximum Gasteiger partial charge on any atom is 0.223 e. The molecule has 2 fully saturated rings. The van der Waals surface area contributed by atoms with Crippen molar-refractivity contribution >= 4 is 29.9 Å². The van der Waals surface area contributed by atoms with Crippen LogP contribution in [0.1, 0.15) is 24.5 Å². The van der Waals surface area contributed by atoms with Crippen LogP contribution in [0.25, 0.3) is 0 Å². The van der Waals surface area contributed by atoms with E-state index >= 15 is 0 Å². The summed E-state index contributed by atoms with van der Waals surface area (Å²) in [4.78, 5) is 11.8. The molecule has 0 spiro atoms. The Balaban J connectivity index is 0.00000192. The fourth-order valence-corrected chi connectivity index (χ4v) is 2.86. The van der Waals surface area contributed by atoms with Crippen LogP contribution in [0, 0.1) is 17.7 Å². The highest BCUT2D eigenvalue weighted by molar-refractivity contribution is 6.30. The second-order valence-corrected chi connectivity index (χ2v) is 6.36. The van der Waals surface area contributed by atoms with Gasteiger partial charge in [-0.05, 0) is 30.5 Å². The topological polar surface area (TPSA) is 50.4 Å². The second-order valence-electron chi connectivity index (χ2n) is 5.95. The quantitative estimate of drug-likeness (QED) is 0.865. The van der Waals surface area contributed by atoms with E-state index in [9.17, 15) is 9.18 Å². The number of amides is 1. The van der Waals surface area contributed by atoms with E-state index < -0.39 is 5.82 Å². The maximum absolute atomic E-state index is 13.7. The van der Waals surface area contributed by atoms with E-state index in [-0.39, 0.29) is 41.3 Å². The predicted octanol–water partition coefficient (Wildman–Crippen LogP) is 2.70. The molecule has 1 heterocycles. The van der Waals surface area contributed by atoms with Gasteiger partial charge in [-0.15, -0.1) is 12.4 Å². The molecular weight excluding hydrogens is 342 g/mol. The van der Waals surface area contributed by atoms with Gasteiger partial charge in [0.25, 0.3) is 0 Å². The molecule has 2 N–H and O–H groups in total. The highest BCUT2D eigenvalue weighted by Gasteiger charge is 2.32. The largest absolute Gasteiger partial charge is 0.372 e. The third kappa shape index (κ3) is 4.80. The lowest BCUT2D eigenvalue weighted by molar-refractivity contribution is -0.122. The van der Waals surface area contributed by atoms with Crippen molar-refractivity contribution in [2.75, 3.05) is 26.2 Å². The second kappa shape index (κ2) is 8.29. The first kappa shape index (κ1) is 18.5. The molecule has 7 heteroatoms. The summed E-state index contributed by atoms with van der Waals surface area (Å²) in [7, 11) is 0. The van der Waals surface area contributed by atoms with Gasteiger partial charge in [0, 0.05) is 31.5 Å². The molecule has 1 aliphatic heterocycles. The van der Waals surface area contributed by atoms with Crippen LogP contribution in [-0.2, 0) is 9.53 Å². The number of hydrogen-bond donors (Lipinski definition) is 2. The predicted molar refractivity (Wildman–Crippen MR) is 89.4 cm³/mol. The smallest absolute Gasteiger partial charge is 0.223 e. The summed E-state index contributed by atoms with van der Waals surface area (Å²) in [6, 6.07) is 4.76. The monoisotopic (exact) mass is 362 g/mol. The normalized spacial score (nSPS) is 24.4. The summed E-state index contributed by atoms with van der Waals surface area (Å²) in [5, 5.41) is 6.39. The minimum absolute atomic E-state index is 0. The third-order valence-electron chi connectivity index (χ3n) is 4.17. The molecule has 1 saturated heterocycles. The zero-order valence-corrected chi connectivity index (χ0v) is 14.3. The molecular formula is C16H21Cl2FN2O2. The Kier molecular flexibility index (Phi) is 6.65. The van der Waals surface area contributed by atoms with Crippen molar-refractivity contribution < 1.29 is 13.9 Å². The Labute approximate surface area is 146 Å². The lowest BCUT2D eigenvalue weighted by atomic mass is 9.95. The number of halogens is 3. The van der Waals surface area contributed by atoms with Crippen LogP contribution in [0.2, 0.25) is 5.02 Å². The van der Waals surface area contributed by atoms with E-state index in [1.54, 1.807) is 12.1 Å². The molecule has 4 nitrogen and oxygen atoms in total. The van der Waals surface area contributed by atoms with Gasteiger partial charge in [0.05, 0.1) is 17.7 Å². The number of nitrogens with one attached hydrogen (secondary N) is 2. The van der Waals surface area contributed by atoms with Gasteiger partial charge >= 0.3 is 0 Å². The van der Waals surface area contributed by atoms with Crippen molar-refractivity contribution in [3.63, 3.8) is 0 Å². The summed E-state index contributed by atoms with van der Waals surface area (Å²) in [6.07, 6.45) is 1.72. The first-order chi connectivity index (χ1) is 10.6. The summed E-state index contributed by atoms with van der Waals surface area (Å²) < 4.78 is 19.6. The van der Waals surface area contributed by atoms with E-state index in [2.05, 4.69) is 10.6 Å². The minimum Gasteiger partial charge on any atom is -0.372 e. The average Bonchev–Trinajstić information content (AvgIpc) is 3.34. The molecule has 1 amide bonds. The van der Waals surface area contributed by atoms with E-state index in [1.165, 1.54) is 6.07 Å². The van der Waals surface area contributed by atoms with Crippen molar-refractivity contribution in [3.8, 4) is 0 Å². The van der Waals surface area contributed by atoms with Gasteiger partial charge in [0.2, 0.25) is 5.91 Å². The van der Waals surface area contributed by atoms with E-state index in [0.29, 0.717) is 13.2 Å². The fourth-order valence-electron chi connectivity index (χ4n) is 2.75. The minimum atomic E-state index is -0.444. The standard InChI is InChI=1S/C16H20ClFN2O2.ClH/c17-13-4-3-11(7-14(13)18)15-12(8-19-5-6-22-15)9-20-16(21)10-1-2-10;/h3-4,7,10,12,15,19H,1-2,5-6,8-9H2,(H,20,21);1H/t12-,15-;/m0./s1. The average molecular weight is 363 g/mol. The van der Waals surface area contributed by atoms with Crippen molar-refractivity contribution in [1.82, 2.24) is 10.6 Å². The molecule has 1 aromatic rings. The first-order valence-electron chi connectivity index (χ1n) is 7.70. The Bertz CT molecular complexity index is 555. The Morgan fingerprint density at radius 3 is 2.91 bits per heavy atom. The molecule has 0 aromatic heterocycles. The SMILES string of the molecule is Cl.O=C(NC[C@@H]1CNCCO[C@H]1c1ccc(Cl)c(F)c1)C1CC1. The van der Waals surface area contributed by atoms with Crippen LogP contribution in [0.15, 0.2) is 18.2 Å². The number of hydrogen-bond acceptors (Lipinski definition) is 3. The lowest BCUT2D eigenvalue weighted by Crippen LogP contribution is -2.37. The molecule has 3 rings (SSSR count). The van der Waals surface area contributed by atoms with Crippen LogP contribution in [0.3, 0.4) is 0 Å². The van der Waals surface area contributed by atoms with Gasteiger partial charge in [-0.1, -0.05) is 17.7 Å². The molecule has 1 saturated carbocycles. The zero-order valence-electron chi connectivity index (χ0n) is 12.7. The lowest BCUT2D eigenvalue weighted by Gasteiger charge is -2.25. The van der Waals surface area contributed by atoms with Crippen LogP contribution in [-0.4, -0.2) is 32.1 Å². The molecule has 23 heavy (non-hydrogen) atoms. The van der Waals surface area contributed by atoms with Crippen LogP contribution in [0.4, 0.5) is 4.39 Å². The van der Waals surface area contributed by atoms with Gasteiger partial charge < -0.3 is 15.4 Å². The van der Waals surface area contributed by atoms with Crippen LogP contribution < -0.4 is 10.6 Å². The number of rotatable bonds is 4. The van der Waals surface area contributed by atoms with Gasteiger partial charge in [-0.25, -0.2) is 4.39 Å². The summed E-state index contributed by atoms with van der Waals surface area (Å²) in [5.74, 6) is -0.0807. The molecule has 1 aromatic carbocycles. The Morgan fingerprint density at radius 2 is 2.22 bits per heavy atom. The molecule has 0 bridgehead atoms. The number of ether oxygens (including phenoxy) is 1. The molecule has 2 atom stereocenters. The van der Waals surface area contributed by atoms with Crippen LogP contribution >= 0.6 is 24.0 Å². The summed E-state index contributed by atoms with van der Waals surface area (Å²) >= 11 is 5.75. The number of carbonyl (C=O) groups is 1. The van der Waals surface area contributed by atoms with Gasteiger partial charge in [0.15, 0.2) is 0 Å². The zero-order chi connectivity index (χ0) is 15.5. The summed E-state index contributed by atoms with van der Waals surface area (Å²) in [6.45, 7) is 2.55. The Hall–Kier alpha value is -0.880. The van der Waals surface area contributed by atoms with Gasteiger partial charge in [0.1, 0.15) is 5.82 Å². The number of carbonyl (C=O) groups excluding carboxylic acids is 1. The fraction of sp³-hybridized carbons (Fsp3) is 0.562. The molecule has 1 aliphatic carbocycles. The van der Waals surface area contributed by atoms with Crippen molar-refractivity contribution in [2.24, 2.45) is 11.8 Å². The van der Waals surface area contributed by atoms with E-state index in [4.69, 9.17) is 16.3 Å². The summed E-state index contributed by atoms with van der Waals surface area (Å²) in [5.41, 5.74) is 0.760. The van der Waals surface area contributed by atoms with Gasteiger partial charge in [-0.2, -0.15) is 0 Å². The van der Waals surface area contributed by atoms with E-state index in [0.717, 1.165) is 31.5 Å². The molecule has 0 unspecified atom stereocenters. The first-order valence-corrected chi connectivity index (χ1v) is 8.08.